The second kappa shape index (κ2) is 6.34. The number of carbonyl (C=O) groups excluding carboxylic acids is 1. The zero-order valence-corrected chi connectivity index (χ0v) is 9.56. The molecule has 0 atom stereocenters. The zero-order chi connectivity index (χ0) is 14.4. The second-order valence-corrected chi connectivity index (χ2v) is 3.43. The molecular weight excluding hydrogens is 254 g/mol. The van der Waals surface area contributed by atoms with Gasteiger partial charge in [0.2, 0.25) is 0 Å². The van der Waals surface area contributed by atoms with E-state index in [2.05, 4.69) is 0 Å². The Hall–Kier alpha value is -2.64. The van der Waals surface area contributed by atoms with Crippen LogP contribution in [0.1, 0.15) is 11.1 Å². The number of carboxylic acids is 2. The average Bonchev–Trinajstić information content (AvgIpc) is 2.33. The fourth-order valence-corrected chi connectivity index (χ4v) is 1.30. The maximum absolute atomic E-state index is 10.4. The van der Waals surface area contributed by atoms with Gasteiger partial charge in [0.25, 0.3) is 0 Å². The third kappa shape index (κ3) is 4.62. The molecule has 0 heterocycles. The van der Waals surface area contributed by atoms with Crippen molar-refractivity contribution in [2.75, 3.05) is 5.23 Å². The van der Waals surface area contributed by atoms with Gasteiger partial charge in [-0.25, -0.2) is 4.79 Å². The minimum Gasteiger partial charge on any atom is -0.545 e. The summed E-state index contributed by atoms with van der Waals surface area (Å²) in [5, 5.41) is 36.6. The van der Waals surface area contributed by atoms with Gasteiger partial charge in [-0.05, 0) is 23.8 Å². The molecular formula is C12H10NO6-. The number of benzene rings is 1. The molecule has 0 radical (unpaired) electrons. The molecule has 0 saturated carbocycles. The van der Waals surface area contributed by atoms with Crippen LogP contribution in [0.15, 0.2) is 30.4 Å². The average molecular weight is 264 g/mol. The van der Waals surface area contributed by atoms with Crippen LogP contribution in [0.4, 0.5) is 5.69 Å². The molecule has 0 spiro atoms. The van der Waals surface area contributed by atoms with Crippen molar-refractivity contribution in [3.05, 3.63) is 41.5 Å². The van der Waals surface area contributed by atoms with Crippen molar-refractivity contribution in [1.82, 2.24) is 0 Å². The van der Waals surface area contributed by atoms with Gasteiger partial charge < -0.3 is 15.0 Å². The molecule has 1 aromatic carbocycles. The maximum Gasteiger partial charge on any atom is 0.328 e. The monoisotopic (exact) mass is 264 g/mol. The summed E-state index contributed by atoms with van der Waals surface area (Å²) in [6.07, 6.45) is 3.99. The second-order valence-electron chi connectivity index (χ2n) is 3.43. The van der Waals surface area contributed by atoms with Gasteiger partial charge in [0, 0.05) is 11.6 Å². The Morgan fingerprint density at radius 1 is 1.16 bits per heavy atom. The predicted octanol–water partition coefficient (Wildman–Crippen LogP) is 0.132. The number of aliphatic carboxylic acids is 2. The van der Waals surface area contributed by atoms with Crippen molar-refractivity contribution < 1.29 is 30.2 Å². The quantitative estimate of drug-likeness (QED) is 0.510. The van der Waals surface area contributed by atoms with Crippen LogP contribution in [-0.4, -0.2) is 27.5 Å². The van der Waals surface area contributed by atoms with Crippen molar-refractivity contribution in [2.45, 2.75) is 0 Å². The summed E-state index contributed by atoms with van der Waals surface area (Å²) in [5.74, 6) is -2.57. The first-order valence-corrected chi connectivity index (χ1v) is 5.02. The molecule has 3 N–H and O–H groups in total. The van der Waals surface area contributed by atoms with Crippen molar-refractivity contribution in [3.8, 4) is 0 Å². The molecule has 0 unspecified atom stereocenters. The SMILES string of the molecule is O=C([O-])C=Cc1ccc(C=CC(=O)O)c(N(O)O)c1. The smallest absolute Gasteiger partial charge is 0.328 e. The van der Waals surface area contributed by atoms with Crippen molar-refractivity contribution in [1.29, 1.82) is 0 Å². The van der Waals surface area contributed by atoms with E-state index in [1.165, 1.54) is 30.4 Å². The highest BCUT2D eigenvalue weighted by atomic mass is 16.8. The minimum absolute atomic E-state index is 0.0991. The fraction of sp³-hybridized carbons (Fsp3) is 0. The number of hydrogen-bond donors (Lipinski definition) is 3. The standard InChI is InChI=1S/C12H11NO6/c14-11(15)5-2-8-1-3-9(4-6-12(16)17)10(7-8)13(18)19/h1-7,18-19H,(H,14,15)(H,16,17)/p-1. The summed E-state index contributed by atoms with van der Waals surface area (Å²) < 4.78 is 0. The van der Waals surface area contributed by atoms with E-state index in [1.54, 1.807) is 0 Å². The van der Waals surface area contributed by atoms with Crippen LogP contribution in [-0.2, 0) is 9.59 Å². The molecule has 7 nitrogen and oxygen atoms in total. The van der Waals surface area contributed by atoms with E-state index < -0.39 is 11.9 Å². The molecule has 1 aromatic rings. The lowest BCUT2D eigenvalue weighted by Crippen LogP contribution is -2.18. The lowest BCUT2D eigenvalue weighted by molar-refractivity contribution is -0.297. The Morgan fingerprint density at radius 2 is 1.84 bits per heavy atom. The zero-order valence-electron chi connectivity index (χ0n) is 9.56. The lowest BCUT2D eigenvalue weighted by atomic mass is 10.1. The van der Waals surface area contributed by atoms with Crippen LogP contribution >= 0.6 is 0 Å². The topological polar surface area (TPSA) is 121 Å². The molecule has 0 aromatic heterocycles. The van der Waals surface area contributed by atoms with Gasteiger partial charge in [0.05, 0.1) is 5.97 Å². The third-order valence-electron chi connectivity index (χ3n) is 2.09. The highest BCUT2D eigenvalue weighted by Gasteiger charge is 2.06. The normalized spacial score (nSPS) is 11.1. The van der Waals surface area contributed by atoms with E-state index in [0.717, 1.165) is 12.2 Å². The fourth-order valence-electron chi connectivity index (χ4n) is 1.30. The molecule has 0 bridgehead atoms. The van der Waals surface area contributed by atoms with Gasteiger partial charge in [-0.1, -0.05) is 18.2 Å². The summed E-state index contributed by atoms with van der Waals surface area (Å²) in [4.78, 5) is 20.6. The lowest BCUT2D eigenvalue weighted by Gasteiger charge is -2.12. The predicted molar refractivity (Wildman–Crippen MR) is 63.2 cm³/mol. The van der Waals surface area contributed by atoms with E-state index in [9.17, 15) is 14.7 Å². The maximum atomic E-state index is 10.4. The van der Waals surface area contributed by atoms with E-state index >= 15 is 0 Å². The highest BCUT2D eigenvalue weighted by molar-refractivity contribution is 5.87. The number of nitrogens with zero attached hydrogens (tertiary/aromatic N) is 1. The summed E-state index contributed by atoms with van der Waals surface area (Å²) in [7, 11) is 0. The van der Waals surface area contributed by atoms with E-state index in [1.807, 2.05) is 0 Å². The molecule has 0 saturated heterocycles. The molecule has 100 valence electrons. The van der Waals surface area contributed by atoms with Crippen LogP contribution in [0, 0.1) is 0 Å². The van der Waals surface area contributed by atoms with Gasteiger partial charge in [0.15, 0.2) is 0 Å². The molecule has 0 aliphatic rings. The molecule has 19 heavy (non-hydrogen) atoms. The Morgan fingerprint density at radius 3 is 2.37 bits per heavy atom. The third-order valence-corrected chi connectivity index (χ3v) is 2.09. The summed E-state index contributed by atoms with van der Waals surface area (Å²) >= 11 is 0. The largest absolute Gasteiger partial charge is 0.545 e. The first kappa shape index (κ1) is 14.4. The van der Waals surface area contributed by atoms with Crippen LogP contribution in [0.3, 0.4) is 0 Å². The van der Waals surface area contributed by atoms with Crippen LogP contribution in [0.25, 0.3) is 12.2 Å². The number of anilines is 1. The molecule has 0 aliphatic heterocycles. The van der Waals surface area contributed by atoms with Gasteiger partial charge in [-0.3, -0.25) is 10.4 Å². The Bertz CT molecular complexity index is 547. The Kier molecular flexibility index (Phi) is 4.81. The van der Waals surface area contributed by atoms with Crippen LogP contribution in [0.2, 0.25) is 0 Å². The Labute approximate surface area is 107 Å². The minimum atomic E-state index is -1.39. The molecule has 1 rings (SSSR count). The molecule has 7 heteroatoms. The number of carbonyl (C=O) groups is 2. The summed E-state index contributed by atoms with van der Waals surface area (Å²) in [6, 6.07) is 4.15. The van der Waals surface area contributed by atoms with E-state index in [-0.39, 0.29) is 16.5 Å². The molecule has 0 amide bonds. The van der Waals surface area contributed by atoms with Crippen molar-refractivity contribution >= 4 is 29.8 Å². The van der Waals surface area contributed by atoms with Crippen molar-refractivity contribution in [3.63, 3.8) is 0 Å². The highest BCUT2D eigenvalue weighted by Crippen LogP contribution is 2.22. The van der Waals surface area contributed by atoms with Gasteiger partial charge in [-0.2, -0.15) is 0 Å². The van der Waals surface area contributed by atoms with E-state index in [4.69, 9.17) is 15.5 Å². The molecule has 0 aliphatic carbocycles. The molecule has 0 fully saturated rings. The number of hydrogen-bond acceptors (Lipinski definition) is 6. The Balaban J connectivity index is 3.14. The van der Waals surface area contributed by atoms with Gasteiger partial charge >= 0.3 is 5.97 Å². The van der Waals surface area contributed by atoms with Crippen LogP contribution in [0.5, 0.6) is 0 Å². The summed E-state index contributed by atoms with van der Waals surface area (Å²) in [6.45, 7) is 0. The first-order chi connectivity index (χ1) is 8.90. The first-order valence-electron chi connectivity index (χ1n) is 5.02. The number of rotatable bonds is 5. The van der Waals surface area contributed by atoms with Gasteiger partial charge in [-0.15, -0.1) is 5.23 Å². The number of carboxylic acid groups (broad SMARTS) is 2. The van der Waals surface area contributed by atoms with Crippen molar-refractivity contribution in [2.24, 2.45) is 0 Å². The van der Waals surface area contributed by atoms with Crippen LogP contribution < -0.4 is 10.3 Å². The van der Waals surface area contributed by atoms with Gasteiger partial charge in [0.1, 0.15) is 5.69 Å². The summed E-state index contributed by atoms with van der Waals surface area (Å²) in [5.41, 5.74) is 0.510. The van der Waals surface area contributed by atoms with E-state index in [0.29, 0.717) is 5.56 Å².